The molecule has 282 valence electrons. The van der Waals surface area contributed by atoms with Crippen LogP contribution in [0, 0.1) is 0 Å². The number of anilines is 2. The van der Waals surface area contributed by atoms with Gasteiger partial charge in [-0.05, 0) is 24.3 Å². The van der Waals surface area contributed by atoms with E-state index in [1.165, 1.54) is 23.0 Å². The first-order chi connectivity index (χ1) is 25.9. The zero-order chi connectivity index (χ0) is 38.0. The summed E-state index contributed by atoms with van der Waals surface area (Å²) in [6.07, 6.45) is -4.48. The van der Waals surface area contributed by atoms with Gasteiger partial charge in [-0.3, -0.25) is 28.0 Å². The predicted octanol–water partition coefficient (Wildman–Crippen LogP) is 1.10. The highest BCUT2D eigenvalue weighted by Gasteiger charge is 2.45. The summed E-state index contributed by atoms with van der Waals surface area (Å²) in [5.74, 6) is -1.84. The molecular formula is C32H32N9O12P. The molecule has 5 aromatic rings. The van der Waals surface area contributed by atoms with Crippen LogP contribution in [0.2, 0.25) is 0 Å². The number of carbonyl (C=O) groups is 2. The maximum absolute atomic E-state index is 13.5. The molecule has 21 nitrogen and oxygen atoms in total. The molecule has 22 heteroatoms. The van der Waals surface area contributed by atoms with E-state index in [2.05, 4.69) is 24.9 Å². The van der Waals surface area contributed by atoms with Crippen molar-refractivity contribution in [3.63, 3.8) is 0 Å². The van der Waals surface area contributed by atoms with Gasteiger partial charge in [-0.1, -0.05) is 36.4 Å². The van der Waals surface area contributed by atoms with Crippen LogP contribution in [0.5, 0.6) is 0 Å². The fourth-order valence-corrected chi connectivity index (χ4v) is 6.91. The van der Waals surface area contributed by atoms with Gasteiger partial charge < -0.3 is 35.3 Å². The number of aromatic amines is 1. The topological polar surface area (TPSA) is 290 Å². The summed E-state index contributed by atoms with van der Waals surface area (Å²) in [5.41, 5.74) is 10.4. The van der Waals surface area contributed by atoms with Gasteiger partial charge in [0, 0.05) is 12.8 Å². The maximum Gasteiger partial charge on any atom is 0.472 e. The number of H-pyrrole nitrogens is 1. The summed E-state index contributed by atoms with van der Waals surface area (Å²) in [4.78, 5) is 79.6. The zero-order valence-electron chi connectivity index (χ0n) is 27.9. The Morgan fingerprint density at radius 2 is 1.46 bits per heavy atom. The lowest BCUT2D eigenvalue weighted by Gasteiger charge is -2.23. The van der Waals surface area contributed by atoms with Crippen LogP contribution < -0.4 is 22.7 Å². The molecule has 0 radical (unpaired) electrons. The first-order valence-corrected chi connectivity index (χ1v) is 17.8. The first-order valence-electron chi connectivity index (χ1n) is 16.3. The van der Waals surface area contributed by atoms with Crippen molar-refractivity contribution in [1.29, 1.82) is 0 Å². The normalized spacial score (nSPS) is 23.6. The molecule has 3 unspecified atom stereocenters. The number of benzene rings is 2. The van der Waals surface area contributed by atoms with E-state index in [9.17, 15) is 28.6 Å². The number of hydrogen-bond donors (Lipinski definition) is 4. The van der Waals surface area contributed by atoms with Gasteiger partial charge in [-0.25, -0.2) is 28.9 Å². The predicted molar refractivity (Wildman–Crippen MR) is 183 cm³/mol. The molecule has 7 rings (SSSR count). The lowest BCUT2D eigenvalue weighted by atomic mass is 10.1. The minimum Gasteiger partial charge on any atom is -0.459 e. The maximum atomic E-state index is 13.5. The number of nitrogens with two attached hydrogens (primary N) is 2. The van der Waals surface area contributed by atoms with E-state index in [4.69, 9.17) is 39.5 Å². The summed E-state index contributed by atoms with van der Waals surface area (Å²) in [6.45, 7) is -1.07. The molecule has 3 aromatic heterocycles. The second-order valence-corrected chi connectivity index (χ2v) is 13.5. The molecule has 2 aliphatic rings. The summed E-state index contributed by atoms with van der Waals surface area (Å²) >= 11 is 0. The molecule has 0 aliphatic carbocycles. The standard InChI is InChI=1S/C32H32N9O12P/c33-30-36-16-41(32(45)39-30)24-12-20(21(50-24)13-48-28(43)17-7-3-1-4-8-17)53-54(46,47)49-14-22-19(52-29(44)18-9-5-2-6-10-18)11-23(51-22)40-15-35-25-26(40)37-31(34)38-27(25)42/h1-10,15-16,19-24H,11-14H2,(H,46,47)(H2,33,39,45)(H3,34,37,38,42)/t19?,20?,21-,22-,23-,24-/m1/s1. The molecule has 0 saturated carbocycles. The number of rotatable bonds is 12. The van der Waals surface area contributed by atoms with Crippen LogP contribution in [0.15, 0.2) is 82.9 Å². The molecule has 2 fully saturated rings. The number of aromatic nitrogens is 7. The van der Waals surface area contributed by atoms with Crippen molar-refractivity contribution in [2.75, 3.05) is 24.7 Å². The molecular weight excluding hydrogens is 733 g/mol. The number of phosphoric ester groups is 1. The van der Waals surface area contributed by atoms with Gasteiger partial charge in [0.2, 0.25) is 11.9 Å². The average molecular weight is 766 g/mol. The number of phosphoric acid groups is 1. The Hall–Kier alpha value is -5.83. The Morgan fingerprint density at radius 1 is 0.852 bits per heavy atom. The molecule has 0 amide bonds. The lowest BCUT2D eigenvalue weighted by Crippen LogP contribution is -2.32. The second kappa shape index (κ2) is 15.3. The molecule has 0 spiro atoms. The third kappa shape index (κ3) is 8.05. The Bertz CT molecular complexity index is 2320. The van der Waals surface area contributed by atoms with Crippen LogP contribution in [0.4, 0.5) is 11.9 Å². The van der Waals surface area contributed by atoms with Crippen LogP contribution in [0.25, 0.3) is 11.2 Å². The van der Waals surface area contributed by atoms with Crippen LogP contribution in [-0.2, 0) is 32.6 Å². The highest BCUT2D eigenvalue weighted by Crippen LogP contribution is 2.49. The Labute approximate surface area is 303 Å². The SMILES string of the molecule is Nc1ncn([C@H]2CC(OP(=O)(O)OC[C@H]3O[C@@H](n4cnc5c(=O)[nH]c(N)nc54)CC3OC(=O)c3ccccc3)[C@@H](COC(=O)c3ccccc3)O2)c(=O)n1. The second-order valence-electron chi connectivity index (χ2n) is 12.1. The summed E-state index contributed by atoms with van der Waals surface area (Å²) in [7, 11) is -5.00. The van der Waals surface area contributed by atoms with Crippen LogP contribution in [0.3, 0.4) is 0 Å². The molecule has 2 aromatic carbocycles. The van der Waals surface area contributed by atoms with E-state index in [0.29, 0.717) is 0 Å². The number of esters is 2. The van der Waals surface area contributed by atoms with Gasteiger partial charge in [0.15, 0.2) is 11.2 Å². The average Bonchev–Trinajstić information content (AvgIpc) is 3.87. The smallest absolute Gasteiger partial charge is 0.459 e. The lowest BCUT2D eigenvalue weighted by molar-refractivity contribution is -0.0620. The van der Waals surface area contributed by atoms with Crippen LogP contribution in [-0.4, -0.2) is 88.5 Å². The summed E-state index contributed by atoms with van der Waals surface area (Å²) in [5, 5.41) is 0. The Balaban J connectivity index is 1.08. The monoisotopic (exact) mass is 765 g/mol. The molecule has 0 bridgehead atoms. The van der Waals surface area contributed by atoms with E-state index in [1.807, 2.05) is 0 Å². The highest BCUT2D eigenvalue weighted by atomic mass is 31.2. The number of ether oxygens (including phenoxy) is 4. The summed E-state index contributed by atoms with van der Waals surface area (Å²) in [6, 6.07) is 16.2. The van der Waals surface area contributed by atoms with E-state index < -0.39 is 81.1 Å². The molecule has 5 heterocycles. The molecule has 7 atom stereocenters. The number of nitrogen functional groups attached to an aromatic ring is 2. The largest absolute Gasteiger partial charge is 0.472 e. The number of fused-ring (bicyclic) bond motifs is 1. The third-order valence-corrected chi connectivity index (χ3v) is 9.52. The van der Waals surface area contributed by atoms with Gasteiger partial charge in [-0.2, -0.15) is 9.97 Å². The van der Waals surface area contributed by atoms with Crippen molar-refractivity contribution in [1.82, 2.24) is 34.1 Å². The number of imidazole rings is 1. The van der Waals surface area contributed by atoms with Crippen LogP contribution in [0.1, 0.15) is 46.0 Å². The van der Waals surface area contributed by atoms with Crippen molar-refractivity contribution >= 4 is 42.8 Å². The van der Waals surface area contributed by atoms with Gasteiger partial charge in [0.25, 0.3) is 5.56 Å². The third-order valence-electron chi connectivity index (χ3n) is 8.50. The first kappa shape index (κ1) is 36.5. The van der Waals surface area contributed by atoms with Crippen molar-refractivity contribution in [3.05, 3.63) is 105 Å². The van der Waals surface area contributed by atoms with E-state index in [0.717, 1.165) is 10.9 Å². The molecule has 54 heavy (non-hydrogen) atoms. The quantitative estimate of drug-likeness (QED) is 0.102. The highest BCUT2D eigenvalue weighted by molar-refractivity contribution is 7.47. The number of hydrogen-bond acceptors (Lipinski definition) is 17. The van der Waals surface area contributed by atoms with Gasteiger partial charge in [0.1, 0.15) is 49.8 Å². The minimum atomic E-state index is -5.00. The Kier molecular flexibility index (Phi) is 10.3. The van der Waals surface area contributed by atoms with E-state index in [1.54, 1.807) is 48.5 Å². The molecule has 2 saturated heterocycles. The summed E-state index contributed by atoms with van der Waals surface area (Å²) < 4.78 is 50.1. The fourth-order valence-electron chi connectivity index (χ4n) is 5.95. The minimum absolute atomic E-state index is 0.00551. The van der Waals surface area contributed by atoms with Gasteiger partial charge >= 0.3 is 25.5 Å². The van der Waals surface area contributed by atoms with Crippen molar-refractivity contribution in [3.8, 4) is 0 Å². The zero-order valence-corrected chi connectivity index (χ0v) is 28.8. The van der Waals surface area contributed by atoms with Crippen LogP contribution >= 0.6 is 7.82 Å². The van der Waals surface area contributed by atoms with E-state index >= 15 is 0 Å². The molecule has 6 N–H and O–H groups in total. The van der Waals surface area contributed by atoms with Crippen molar-refractivity contribution in [2.24, 2.45) is 0 Å². The number of carbonyl (C=O) groups excluding carboxylic acids is 2. The van der Waals surface area contributed by atoms with E-state index in [-0.39, 0.29) is 47.0 Å². The Morgan fingerprint density at radius 3 is 2.15 bits per heavy atom. The van der Waals surface area contributed by atoms with Crippen molar-refractivity contribution < 1.29 is 47.0 Å². The van der Waals surface area contributed by atoms with Crippen molar-refractivity contribution in [2.45, 2.75) is 49.7 Å². The number of nitrogens with one attached hydrogen (secondary N) is 1. The van der Waals surface area contributed by atoms with Gasteiger partial charge in [-0.15, -0.1) is 0 Å². The molecule has 2 aliphatic heterocycles. The number of nitrogens with zero attached hydrogens (tertiary/aromatic N) is 6. The fraction of sp³-hybridized carbons (Fsp3) is 0.312. The van der Waals surface area contributed by atoms with Gasteiger partial charge in [0.05, 0.1) is 24.1 Å².